The van der Waals surface area contributed by atoms with Crippen LogP contribution in [-0.2, 0) is 0 Å². The Kier molecular flexibility index (Phi) is 8.08. The highest BCUT2D eigenvalue weighted by molar-refractivity contribution is 7.78. The second-order valence-electron chi connectivity index (χ2n) is 2.97. The van der Waals surface area contributed by atoms with Crippen LogP contribution in [0.15, 0.2) is 73.2 Å². The van der Waals surface area contributed by atoms with E-state index in [9.17, 15) is 0 Å². The van der Waals surface area contributed by atoms with Gasteiger partial charge in [-0.25, -0.2) is 0 Å². The van der Waals surface area contributed by atoms with Gasteiger partial charge in [0, 0.05) is 0 Å². The van der Waals surface area contributed by atoms with Gasteiger partial charge >= 0.3 is 0 Å². The predicted molar refractivity (Wildman–Crippen MR) is 77.0 cm³/mol. The largest absolute Gasteiger partial charge is 0.287 e. The molecule has 0 atom stereocenters. The van der Waals surface area contributed by atoms with Gasteiger partial charge in [-0.3, -0.25) is 4.31 Å². The molecule has 16 heavy (non-hydrogen) atoms. The summed E-state index contributed by atoms with van der Waals surface area (Å²) in [6, 6.07) is 0. The first-order valence-electron chi connectivity index (χ1n) is 5.11. The van der Waals surface area contributed by atoms with Crippen LogP contribution < -0.4 is 0 Å². The number of hydrogen-bond acceptors (Lipinski definition) is 2. The summed E-state index contributed by atoms with van der Waals surface area (Å²) in [4.78, 5) is 0. The molecule has 0 aromatic carbocycles. The second-order valence-corrected chi connectivity index (χ2v) is 3.37. The van der Waals surface area contributed by atoms with Crippen molar-refractivity contribution < 1.29 is 0 Å². The Bertz CT molecular complexity index is 312. The van der Waals surface area contributed by atoms with E-state index in [1.165, 1.54) is 0 Å². The molecule has 0 aromatic heterocycles. The summed E-state index contributed by atoms with van der Waals surface area (Å²) >= 11 is 4.45. The third-order valence-corrected chi connectivity index (χ3v) is 2.20. The molecule has 0 aliphatic heterocycles. The molecular formula is C14H19NS. The molecule has 0 fully saturated rings. The molecule has 1 nitrogen and oxygen atoms in total. The van der Waals surface area contributed by atoms with Crippen molar-refractivity contribution in [3.8, 4) is 0 Å². The van der Waals surface area contributed by atoms with Gasteiger partial charge in [0.15, 0.2) is 0 Å². The van der Waals surface area contributed by atoms with Crippen LogP contribution in [0.2, 0.25) is 0 Å². The van der Waals surface area contributed by atoms with Crippen LogP contribution in [-0.4, -0.2) is 4.31 Å². The van der Waals surface area contributed by atoms with Gasteiger partial charge in [-0.05, 0) is 38.2 Å². The molecule has 0 unspecified atom stereocenters. The van der Waals surface area contributed by atoms with Gasteiger partial charge in [-0.1, -0.05) is 50.3 Å². The molecule has 0 heterocycles. The van der Waals surface area contributed by atoms with Crippen molar-refractivity contribution in [1.82, 2.24) is 4.31 Å². The highest BCUT2D eigenvalue weighted by Crippen LogP contribution is 2.18. The molecule has 2 heteroatoms. The minimum Gasteiger partial charge on any atom is -0.287 e. The first-order valence-corrected chi connectivity index (χ1v) is 5.51. The minimum absolute atomic E-state index is 0.951. The van der Waals surface area contributed by atoms with Crippen molar-refractivity contribution in [2.45, 2.75) is 13.8 Å². The van der Waals surface area contributed by atoms with E-state index in [1.54, 1.807) is 16.5 Å². The Balaban J connectivity index is 5.17. The van der Waals surface area contributed by atoms with Gasteiger partial charge in [-0.2, -0.15) is 0 Å². The molecule has 0 rings (SSSR count). The average molecular weight is 233 g/mol. The van der Waals surface area contributed by atoms with Crippen LogP contribution in [0.25, 0.3) is 0 Å². The zero-order valence-electron chi connectivity index (χ0n) is 9.93. The van der Waals surface area contributed by atoms with Crippen LogP contribution in [0.5, 0.6) is 0 Å². The lowest BCUT2D eigenvalue weighted by molar-refractivity contribution is 0.761. The van der Waals surface area contributed by atoms with E-state index in [-0.39, 0.29) is 0 Å². The lowest BCUT2D eigenvalue weighted by atomic mass is 10.3. The summed E-state index contributed by atoms with van der Waals surface area (Å²) in [7, 11) is 0. The normalized spacial score (nSPS) is 13.4. The van der Waals surface area contributed by atoms with E-state index in [4.69, 9.17) is 0 Å². The molecular weight excluding hydrogens is 214 g/mol. The number of hydrogen-bond donors (Lipinski definition) is 1. The van der Waals surface area contributed by atoms with E-state index in [0.717, 1.165) is 11.4 Å². The average Bonchev–Trinajstić information content (AvgIpc) is 2.27. The molecule has 0 amide bonds. The lowest BCUT2D eigenvalue weighted by Gasteiger charge is -2.19. The van der Waals surface area contributed by atoms with E-state index >= 15 is 0 Å². The molecule has 0 aromatic rings. The zero-order valence-corrected chi connectivity index (χ0v) is 10.8. The van der Waals surface area contributed by atoms with E-state index in [2.05, 4.69) is 26.0 Å². The van der Waals surface area contributed by atoms with Crippen LogP contribution in [0.3, 0.4) is 0 Å². The Hall–Kier alpha value is -1.41. The van der Waals surface area contributed by atoms with Crippen molar-refractivity contribution >= 4 is 12.8 Å². The standard InChI is InChI=1S/C14H19NS/c1-5-9-13(10-6-2)15(16)14(11-7-3)12-8-4/h5-12,16H,1,3H2,2,4H3/b10-6-,12-8?,13-9+,14-11+. The van der Waals surface area contributed by atoms with Crippen molar-refractivity contribution in [2.24, 2.45) is 0 Å². The fraction of sp³-hybridized carbons (Fsp3) is 0.143. The summed E-state index contributed by atoms with van der Waals surface area (Å²) in [6.45, 7) is 11.3. The molecule has 0 saturated carbocycles. The Labute approximate surface area is 104 Å². The topological polar surface area (TPSA) is 3.24 Å². The van der Waals surface area contributed by atoms with Gasteiger partial charge in [0.05, 0.1) is 11.4 Å². The molecule has 86 valence electrons. The van der Waals surface area contributed by atoms with Crippen LogP contribution in [0.1, 0.15) is 13.8 Å². The maximum Gasteiger partial charge on any atom is 0.0519 e. The van der Waals surface area contributed by atoms with Crippen molar-refractivity contribution in [2.75, 3.05) is 0 Å². The van der Waals surface area contributed by atoms with Crippen LogP contribution in [0, 0.1) is 0 Å². The Morgan fingerprint density at radius 1 is 0.938 bits per heavy atom. The number of rotatable bonds is 6. The van der Waals surface area contributed by atoms with Gasteiger partial charge in [0.25, 0.3) is 0 Å². The number of thiol groups is 1. The molecule has 0 bridgehead atoms. The molecule has 0 aliphatic rings. The predicted octanol–water partition coefficient (Wildman–Crippen LogP) is 4.43. The number of nitrogens with zero attached hydrogens (tertiary/aromatic N) is 1. The summed E-state index contributed by atoms with van der Waals surface area (Å²) in [5.41, 5.74) is 1.90. The molecule has 0 aliphatic carbocycles. The third kappa shape index (κ3) is 4.89. The molecule has 0 radical (unpaired) electrons. The van der Waals surface area contributed by atoms with Crippen LogP contribution in [0.4, 0.5) is 0 Å². The van der Waals surface area contributed by atoms with Gasteiger partial charge in [0.1, 0.15) is 0 Å². The molecule has 0 spiro atoms. The summed E-state index contributed by atoms with van der Waals surface area (Å²) in [5, 5.41) is 0. The lowest BCUT2D eigenvalue weighted by Crippen LogP contribution is -2.08. The smallest absolute Gasteiger partial charge is 0.0519 e. The summed E-state index contributed by atoms with van der Waals surface area (Å²) < 4.78 is 1.78. The van der Waals surface area contributed by atoms with Gasteiger partial charge in [-0.15, -0.1) is 0 Å². The Morgan fingerprint density at radius 2 is 1.31 bits per heavy atom. The van der Waals surface area contributed by atoms with E-state index in [1.807, 2.05) is 50.3 Å². The van der Waals surface area contributed by atoms with Crippen LogP contribution >= 0.6 is 12.8 Å². The third-order valence-electron chi connectivity index (χ3n) is 1.74. The SMILES string of the molecule is C=C/C=C(\C=CC)N(S)C(/C=C\C)=C/C=C. The fourth-order valence-corrected chi connectivity index (χ4v) is 1.39. The monoisotopic (exact) mass is 233 g/mol. The van der Waals surface area contributed by atoms with Crippen molar-refractivity contribution in [1.29, 1.82) is 0 Å². The molecule has 0 saturated heterocycles. The maximum atomic E-state index is 4.45. The summed E-state index contributed by atoms with van der Waals surface area (Å²) in [5.74, 6) is 0. The maximum absolute atomic E-state index is 4.45. The first-order chi connectivity index (χ1) is 7.71. The van der Waals surface area contributed by atoms with E-state index in [0.29, 0.717) is 0 Å². The Morgan fingerprint density at radius 3 is 1.56 bits per heavy atom. The van der Waals surface area contributed by atoms with E-state index < -0.39 is 0 Å². The quantitative estimate of drug-likeness (QED) is 0.525. The van der Waals surface area contributed by atoms with Gasteiger partial charge in [0.2, 0.25) is 0 Å². The van der Waals surface area contributed by atoms with Crippen molar-refractivity contribution in [3.63, 3.8) is 0 Å². The first kappa shape index (κ1) is 14.6. The van der Waals surface area contributed by atoms with Gasteiger partial charge < -0.3 is 0 Å². The fourth-order valence-electron chi connectivity index (χ4n) is 1.13. The highest BCUT2D eigenvalue weighted by Gasteiger charge is 2.04. The highest BCUT2D eigenvalue weighted by atomic mass is 32.1. The second kappa shape index (κ2) is 8.86. The number of allylic oxidation sites excluding steroid dienone is 8. The van der Waals surface area contributed by atoms with Crippen molar-refractivity contribution in [3.05, 3.63) is 73.2 Å². The molecule has 0 N–H and O–H groups in total. The summed E-state index contributed by atoms with van der Waals surface area (Å²) in [6.07, 6.45) is 15.1. The minimum atomic E-state index is 0.951. The zero-order chi connectivity index (χ0) is 12.4.